The van der Waals surface area contributed by atoms with Crippen molar-refractivity contribution in [2.75, 3.05) is 11.1 Å². The number of thioether (sulfide) groups is 1. The number of amides is 1. The van der Waals surface area contributed by atoms with E-state index in [4.69, 9.17) is 0 Å². The molecular formula is C15H13F2NOS. The zero-order valence-electron chi connectivity index (χ0n) is 10.6. The average molecular weight is 293 g/mol. The number of halogens is 2. The number of hydrogen-bond donors (Lipinski definition) is 1. The number of nitrogens with one attached hydrogen (secondary N) is 1. The lowest BCUT2D eigenvalue weighted by Gasteiger charge is -2.05. The maximum Gasteiger partial charge on any atom is 0.234 e. The molecule has 0 aliphatic heterocycles. The molecule has 0 bridgehead atoms. The van der Waals surface area contributed by atoms with E-state index in [1.165, 1.54) is 36.0 Å². The molecule has 1 N–H and O–H groups in total. The van der Waals surface area contributed by atoms with Gasteiger partial charge in [0, 0.05) is 11.4 Å². The van der Waals surface area contributed by atoms with Gasteiger partial charge in [0.1, 0.15) is 11.6 Å². The third-order valence-electron chi connectivity index (χ3n) is 2.56. The van der Waals surface area contributed by atoms with Crippen LogP contribution in [0.2, 0.25) is 0 Å². The SMILES string of the molecule is O=C(CSCc1ccccc1F)Nc1cccc(F)c1. The maximum atomic E-state index is 13.3. The van der Waals surface area contributed by atoms with Gasteiger partial charge in [-0.05, 0) is 29.8 Å². The van der Waals surface area contributed by atoms with Crippen LogP contribution in [0.3, 0.4) is 0 Å². The fourth-order valence-corrected chi connectivity index (χ4v) is 2.45. The number of rotatable bonds is 5. The van der Waals surface area contributed by atoms with Gasteiger partial charge in [-0.15, -0.1) is 11.8 Å². The second kappa shape index (κ2) is 7.05. The average Bonchev–Trinajstić information content (AvgIpc) is 2.41. The van der Waals surface area contributed by atoms with Gasteiger partial charge in [-0.25, -0.2) is 8.78 Å². The van der Waals surface area contributed by atoms with E-state index in [0.717, 1.165) is 0 Å². The molecule has 5 heteroatoms. The largest absolute Gasteiger partial charge is 0.325 e. The Morgan fingerprint density at radius 2 is 1.90 bits per heavy atom. The van der Waals surface area contributed by atoms with E-state index in [9.17, 15) is 13.6 Å². The Kier molecular flexibility index (Phi) is 5.12. The second-order valence-corrected chi connectivity index (χ2v) is 5.13. The van der Waals surface area contributed by atoms with Crippen molar-refractivity contribution in [3.8, 4) is 0 Å². The zero-order valence-corrected chi connectivity index (χ0v) is 11.4. The van der Waals surface area contributed by atoms with E-state index in [0.29, 0.717) is 17.0 Å². The van der Waals surface area contributed by atoms with Crippen LogP contribution >= 0.6 is 11.8 Å². The quantitative estimate of drug-likeness (QED) is 0.907. The molecule has 2 aromatic rings. The molecule has 0 spiro atoms. The highest BCUT2D eigenvalue weighted by Gasteiger charge is 2.05. The number of carbonyl (C=O) groups excluding carboxylic acids is 1. The third kappa shape index (κ3) is 4.35. The summed E-state index contributed by atoms with van der Waals surface area (Å²) in [5.74, 6) is -0.307. The summed E-state index contributed by atoms with van der Waals surface area (Å²) in [7, 11) is 0. The van der Waals surface area contributed by atoms with Crippen LogP contribution in [0.1, 0.15) is 5.56 Å². The highest BCUT2D eigenvalue weighted by Crippen LogP contribution is 2.16. The predicted octanol–water partition coefficient (Wildman–Crippen LogP) is 3.84. The van der Waals surface area contributed by atoms with Crippen LogP contribution in [-0.2, 0) is 10.5 Å². The minimum Gasteiger partial charge on any atom is -0.325 e. The lowest BCUT2D eigenvalue weighted by molar-refractivity contribution is -0.113. The highest BCUT2D eigenvalue weighted by atomic mass is 32.2. The Balaban J connectivity index is 1.80. The summed E-state index contributed by atoms with van der Waals surface area (Å²) in [4.78, 5) is 11.7. The van der Waals surface area contributed by atoms with Crippen LogP contribution in [0.4, 0.5) is 14.5 Å². The van der Waals surface area contributed by atoms with Gasteiger partial charge in [-0.1, -0.05) is 24.3 Å². The zero-order chi connectivity index (χ0) is 14.4. The number of anilines is 1. The normalized spacial score (nSPS) is 10.3. The van der Waals surface area contributed by atoms with Crippen molar-refractivity contribution in [3.05, 3.63) is 65.7 Å². The third-order valence-corrected chi connectivity index (χ3v) is 3.54. The summed E-state index contributed by atoms with van der Waals surface area (Å²) in [5.41, 5.74) is 0.984. The van der Waals surface area contributed by atoms with Gasteiger partial charge in [-0.3, -0.25) is 4.79 Å². The highest BCUT2D eigenvalue weighted by molar-refractivity contribution is 7.99. The Labute approximate surface area is 120 Å². The van der Waals surface area contributed by atoms with Crippen LogP contribution in [0.25, 0.3) is 0 Å². The maximum absolute atomic E-state index is 13.3. The van der Waals surface area contributed by atoms with Crippen molar-refractivity contribution in [2.24, 2.45) is 0 Å². The Morgan fingerprint density at radius 1 is 1.10 bits per heavy atom. The predicted molar refractivity (Wildman–Crippen MR) is 77.6 cm³/mol. The van der Waals surface area contributed by atoms with E-state index in [1.807, 2.05) is 0 Å². The van der Waals surface area contributed by atoms with Gasteiger partial charge >= 0.3 is 0 Å². The Hall–Kier alpha value is -1.88. The molecule has 0 heterocycles. The lowest BCUT2D eigenvalue weighted by atomic mass is 10.2. The first-order valence-corrected chi connectivity index (χ1v) is 7.17. The molecule has 104 valence electrons. The molecule has 0 saturated carbocycles. The van der Waals surface area contributed by atoms with Crippen LogP contribution in [0.15, 0.2) is 48.5 Å². The first kappa shape index (κ1) is 14.5. The van der Waals surface area contributed by atoms with E-state index in [1.54, 1.807) is 24.3 Å². The van der Waals surface area contributed by atoms with Crippen LogP contribution in [0.5, 0.6) is 0 Å². The number of carbonyl (C=O) groups is 1. The van der Waals surface area contributed by atoms with Gasteiger partial charge in [0.25, 0.3) is 0 Å². The Morgan fingerprint density at radius 3 is 2.65 bits per heavy atom. The molecule has 0 fully saturated rings. The molecule has 2 rings (SSSR count). The van der Waals surface area contributed by atoms with E-state index in [-0.39, 0.29) is 17.5 Å². The monoisotopic (exact) mass is 293 g/mol. The number of hydrogen-bond acceptors (Lipinski definition) is 2. The first-order chi connectivity index (χ1) is 9.65. The van der Waals surface area contributed by atoms with Crippen molar-refractivity contribution < 1.29 is 13.6 Å². The topological polar surface area (TPSA) is 29.1 Å². The fraction of sp³-hybridized carbons (Fsp3) is 0.133. The van der Waals surface area contributed by atoms with Crippen molar-refractivity contribution in [2.45, 2.75) is 5.75 Å². The Bertz CT molecular complexity index is 604. The molecule has 2 aromatic carbocycles. The summed E-state index contributed by atoms with van der Waals surface area (Å²) in [6.45, 7) is 0. The standard InChI is InChI=1S/C15H13F2NOS/c16-12-5-3-6-13(8-12)18-15(19)10-20-9-11-4-1-2-7-14(11)17/h1-8H,9-10H2,(H,18,19). The minimum atomic E-state index is -0.401. The summed E-state index contributed by atoms with van der Waals surface area (Å²) >= 11 is 1.31. The molecular weight excluding hydrogens is 280 g/mol. The van der Waals surface area contributed by atoms with Crippen molar-refractivity contribution in [1.29, 1.82) is 0 Å². The van der Waals surface area contributed by atoms with E-state index in [2.05, 4.69) is 5.32 Å². The summed E-state index contributed by atoms with van der Waals surface area (Å²) < 4.78 is 26.3. The molecule has 0 aliphatic rings. The minimum absolute atomic E-state index is 0.185. The molecule has 2 nitrogen and oxygen atoms in total. The summed E-state index contributed by atoms with van der Waals surface area (Å²) in [5, 5.41) is 2.59. The van der Waals surface area contributed by atoms with Crippen molar-refractivity contribution in [3.63, 3.8) is 0 Å². The lowest BCUT2D eigenvalue weighted by Crippen LogP contribution is -2.14. The second-order valence-electron chi connectivity index (χ2n) is 4.14. The first-order valence-electron chi connectivity index (χ1n) is 6.02. The van der Waals surface area contributed by atoms with Crippen LogP contribution in [0, 0.1) is 11.6 Å². The van der Waals surface area contributed by atoms with Crippen molar-refractivity contribution in [1.82, 2.24) is 0 Å². The molecule has 1 amide bonds. The van der Waals surface area contributed by atoms with E-state index >= 15 is 0 Å². The number of benzene rings is 2. The molecule has 0 saturated heterocycles. The molecule has 0 unspecified atom stereocenters. The smallest absolute Gasteiger partial charge is 0.234 e. The van der Waals surface area contributed by atoms with Gasteiger partial charge in [-0.2, -0.15) is 0 Å². The van der Waals surface area contributed by atoms with Gasteiger partial charge in [0.05, 0.1) is 5.75 Å². The van der Waals surface area contributed by atoms with Crippen molar-refractivity contribution >= 4 is 23.4 Å². The molecule has 20 heavy (non-hydrogen) atoms. The molecule has 0 aromatic heterocycles. The van der Waals surface area contributed by atoms with Crippen LogP contribution in [-0.4, -0.2) is 11.7 Å². The van der Waals surface area contributed by atoms with E-state index < -0.39 is 5.82 Å². The summed E-state index contributed by atoms with van der Waals surface area (Å²) in [6, 6.07) is 12.2. The molecule has 0 radical (unpaired) electrons. The van der Waals surface area contributed by atoms with Crippen LogP contribution < -0.4 is 5.32 Å². The van der Waals surface area contributed by atoms with Gasteiger partial charge in [0.15, 0.2) is 0 Å². The van der Waals surface area contributed by atoms with Gasteiger partial charge in [0.2, 0.25) is 5.91 Å². The summed E-state index contributed by atoms with van der Waals surface area (Å²) in [6.07, 6.45) is 0. The fourth-order valence-electron chi connectivity index (χ4n) is 1.63. The van der Waals surface area contributed by atoms with Gasteiger partial charge < -0.3 is 5.32 Å². The molecule has 0 atom stereocenters. The molecule has 0 aliphatic carbocycles.